The fourth-order valence-electron chi connectivity index (χ4n) is 3.31. The summed E-state index contributed by atoms with van der Waals surface area (Å²) in [5, 5.41) is 11.5. The monoisotopic (exact) mass is 412 g/mol. The Labute approximate surface area is 163 Å². The second kappa shape index (κ2) is 8.09. The number of likely N-dealkylation sites (tertiary alicyclic amines) is 1. The highest BCUT2D eigenvalue weighted by atomic mass is 32.1. The molecule has 0 radical (unpaired) electrons. The average Bonchev–Trinajstić information content (AvgIpc) is 3.28. The van der Waals surface area contributed by atoms with Crippen molar-refractivity contribution < 1.29 is 28.0 Å². The number of carbonyl (C=O) groups excluding carboxylic acids is 1. The van der Waals surface area contributed by atoms with E-state index >= 15 is 0 Å². The molecule has 1 amide bonds. The number of benzene rings is 1. The van der Waals surface area contributed by atoms with E-state index in [1.807, 2.05) is 19.1 Å². The molecule has 2 aromatic rings. The zero-order valence-corrected chi connectivity index (χ0v) is 16.0. The van der Waals surface area contributed by atoms with Crippen LogP contribution >= 0.6 is 11.3 Å². The molecule has 1 atom stereocenters. The summed E-state index contributed by atoms with van der Waals surface area (Å²) >= 11 is 1.57. The van der Waals surface area contributed by atoms with Crippen LogP contribution in [-0.4, -0.2) is 36.0 Å². The zero-order chi connectivity index (χ0) is 20.4. The van der Waals surface area contributed by atoms with Gasteiger partial charge in [0.05, 0.1) is 24.1 Å². The molecule has 1 saturated heterocycles. The summed E-state index contributed by atoms with van der Waals surface area (Å²) in [7, 11) is 1.21. The highest BCUT2D eigenvalue weighted by Crippen LogP contribution is 2.40. The van der Waals surface area contributed by atoms with Crippen LogP contribution in [0.5, 0.6) is 11.5 Å². The quantitative estimate of drug-likeness (QED) is 0.513. The van der Waals surface area contributed by atoms with Gasteiger partial charge in [-0.25, -0.2) is 0 Å². The van der Waals surface area contributed by atoms with Crippen LogP contribution in [0.15, 0.2) is 24.3 Å². The standard InChI is InChI=1S/C18H18F2N2O5S/c1-10-5-6-16(28-10)12-4-3-7-21(12)17(23)11-8-14(26-2)15(27-18(19)20)9-13(11)22(24)25/h5-6,8-9,12,18H,3-4,7H2,1-2H3. The van der Waals surface area contributed by atoms with E-state index in [4.69, 9.17) is 4.74 Å². The van der Waals surface area contributed by atoms with Gasteiger partial charge in [-0.2, -0.15) is 8.78 Å². The fourth-order valence-corrected chi connectivity index (χ4v) is 4.34. The largest absolute Gasteiger partial charge is 0.493 e. The van der Waals surface area contributed by atoms with Crippen LogP contribution in [0.3, 0.4) is 0 Å². The summed E-state index contributed by atoms with van der Waals surface area (Å²) in [5.74, 6) is -1.20. The molecule has 1 aromatic carbocycles. The number of halogens is 2. The van der Waals surface area contributed by atoms with Gasteiger partial charge in [-0.05, 0) is 31.9 Å². The zero-order valence-electron chi connectivity index (χ0n) is 15.2. The predicted octanol–water partition coefficient (Wildman–Crippen LogP) is 4.55. The van der Waals surface area contributed by atoms with Gasteiger partial charge in [0.2, 0.25) is 0 Å². The van der Waals surface area contributed by atoms with Gasteiger partial charge in [0.25, 0.3) is 11.6 Å². The maximum absolute atomic E-state index is 13.1. The van der Waals surface area contributed by atoms with Crippen molar-refractivity contribution in [2.45, 2.75) is 32.4 Å². The van der Waals surface area contributed by atoms with Gasteiger partial charge in [-0.3, -0.25) is 14.9 Å². The summed E-state index contributed by atoms with van der Waals surface area (Å²) in [5.41, 5.74) is -0.821. The second-order valence-electron chi connectivity index (χ2n) is 6.26. The summed E-state index contributed by atoms with van der Waals surface area (Å²) in [6.45, 7) is -0.762. The van der Waals surface area contributed by atoms with Crippen molar-refractivity contribution in [3.05, 3.63) is 49.7 Å². The molecule has 3 rings (SSSR count). The van der Waals surface area contributed by atoms with Crippen LogP contribution in [-0.2, 0) is 0 Å². The Morgan fingerprint density at radius 2 is 2.11 bits per heavy atom. The number of nitro benzene ring substituents is 1. The number of hydrogen-bond acceptors (Lipinski definition) is 6. The number of nitro groups is 1. The van der Waals surface area contributed by atoms with Gasteiger partial charge < -0.3 is 14.4 Å². The van der Waals surface area contributed by atoms with E-state index in [9.17, 15) is 23.7 Å². The third kappa shape index (κ3) is 3.91. The lowest BCUT2D eigenvalue weighted by Crippen LogP contribution is -2.30. The minimum Gasteiger partial charge on any atom is -0.493 e. The number of thiophene rings is 1. The van der Waals surface area contributed by atoms with Crippen molar-refractivity contribution in [3.8, 4) is 11.5 Å². The third-order valence-corrected chi connectivity index (χ3v) is 5.63. The van der Waals surface area contributed by atoms with Crippen LogP contribution in [0.1, 0.15) is 39.0 Å². The Morgan fingerprint density at radius 3 is 2.68 bits per heavy atom. The molecule has 2 heterocycles. The average molecular weight is 412 g/mol. The molecular formula is C18H18F2N2O5S. The molecule has 1 aliphatic heterocycles. The van der Waals surface area contributed by atoms with Gasteiger partial charge in [0, 0.05) is 22.4 Å². The first-order chi connectivity index (χ1) is 13.3. The Morgan fingerprint density at radius 1 is 1.36 bits per heavy atom. The highest BCUT2D eigenvalue weighted by molar-refractivity contribution is 7.12. The number of hydrogen-bond donors (Lipinski definition) is 0. The van der Waals surface area contributed by atoms with Gasteiger partial charge in [0.1, 0.15) is 5.56 Å². The van der Waals surface area contributed by atoms with E-state index < -0.39 is 28.9 Å². The van der Waals surface area contributed by atoms with Crippen LogP contribution in [0.25, 0.3) is 0 Å². The van der Waals surface area contributed by atoms with Crippen molar-refractivity contribution in [1.82, 2.24) is 4.90 Å². The summed E-state index contributed by atoms with van der Waals surface area (Å²) in [6.07, 6.45) is 1.52. The maximum Gasteiger partial charge on any atom is 0.387 e. The third-order valence-electron chi connectivity index (χ3n) is 4.53. The molecule has 0 N–H and O–H groups in total. The lowest BCUT2D eigenvalue weighted by Gasteiger charge is -2.24. The first-order valence-corrected chi connectivity index (χ1v) is 9.32. The van der Waals surface area contributed by atoms with Crippen molar-refractivity contribution in [3.63, 3.8) is 0 Å². The minimum absolute atomic E-state index is 0.169. The van der Waals surface area contributed by atoms with Crippen LogP contribution in [0, 0.1) is 17.0 Å². The first kappa shape index (κ1) is 20.0. The van der Waals surface area contributed by atoms with Gasteiger partial charge >= 0.3 is 6.61 Å². The van der Waals surface area contributed by atoms with Gasteiger partial charge in [-0.1, -0.05) is 0 Å². The van der Waals surface area contributed by atoms with Crippen molar-refractivity contribution in [2.75, 3.05) is 13.7 Å². The lowest BCUT2D eigenvalue weighted by molar-refractivity contribution is -0.385. The Kier molecular flexibility index (Phi) is 5.78. The molecule has 10 heteroatoms. The van der Waals surface area contributed by atoms with Crippen molar-refractivity contribution >= 4 is 22.9 Å². The smallest absolute Gasteiger partial charge is 0.387 e. The highest BCUT2D eigenvalue weighted by Gasteiger charge is 2.35. The number of methoxy groups -OCH3 is 1. The van der Waals surface area contributed by atoms with Crippen LogP contribution in [0.2, 0.25) is 0 Å². The van der Waals surface area contributed by atoms with E-state index in [1.54, 1.807) is 16.2 Å². The predicted molar refractivity (Wildman–Crippen MR) is 98.3 cm³/mol. The molecule has 0 saturated carbocycles. The number of rotatable bonds is 6. The number of ether oxygens (including phenoxy) is 2. The minimum atomic E-state index is -3.18. The normalized spacial score (nSPS) is 16.5. The molecular weight excluding hydrogens is 394 g/mol. The van der Waals surface area contributed by atoms with Gasteiger partial charge in [0.15, 0.2) is 11.5 Å². The summed E-state index contributed by atoms with van der Waals surface area (Å²) < 4.78 is 34.5. The lowest BCUT2D eigenvalue weighted by atomic mass is 10.1. The summed E-state index contributed by atoms with van der Waals surface area (Å²) in [4.78, 5) is 27.5. The molecule has 0 bridgehead atoms. The SMILES string of the molecule is COc1cc(C(=O)N2CCCC2c2ccc(C)s2)c([N+](=O)[O-])cc1OC(F)F. The van der Waals surface area contributed by atoms with E-state index in [0.29, 0.717) is 6.54 Å². The number of carbonyl (C=O) groups is 1. The van der Waals surface area contributed by atoms with E-state index in [1.165, 1.54) is 7.11 Å². The second-order valence-corrected chi connectivity index (χ2v) is 7.58. The number of amides is 1. The van der Waals surface area contributed by atoms with Gasteiger partial charge in [-0.15, -0.1) is 11.3 Å². The van der Waals surface area contributed by atoms with Crippen LogP contribution in [0.4, 0.5) is 14.5 Å². The Balaban J connectivity index is 2.01. The van der Waals surface area contributed by atoms with Crippen molar-refractivity contribution in [1.29, 1.82) is 0 Å². The van der Waals surface area contributed by atoms with E-state index in [0.717, 1.165) is 34.7 Å². The maximum atomic E-state index is 13.1. The number of alkyl halides is 2. The topological polar surface area (TPSA) is 81.9 Å². The summed E-state index contributed by atoms with van der Waals surface area (Å²) in [6, 6.07) is 5.63. The molecule has 1 aromatic heterocycles. The number of nitrogens with zero attached hydrogens (tertiary/aromatic N) is 2. The molecule has 0 spiro atoms. The number of aryl methyl sites for hydroxylation is 1. The molecule has 7 nitrogen and oxygen atoms in total. The Hall–Kier alpha value is -2.75. The van der Waals surface area contributed by atoms with E-state index in [-0.39, 0.29) is 17.4 Å². The Bertz CT molecular complexity index is 902. The molecule has 1 unspecified atom stereocenters. The molecule has 0 aliphatic carbocycles. The van der Waals surface area contributed by atoms with Crippen molar-refractivity contribution in [2.24, 2.45) is 0 Å². The molecule has 1 aliphatic rings. The molecule has 150 valence electrons. The van der Waals surface area contributed by atoms with Crippen LogP contribution < -0.4 is 9.47 Å². The molecule has 1 fully saturated rings. The van der Waals surface area contributed by atoms with E-state index in [2.05, 4.69) is 4.74 Å². The first-order valence-electron chi connectivity index (χ1n) is 8.50. The fraction of sp³-hybridized carbons (Fsp3) is 0.389. The molecule has 28 heavy (non-hydrogen) atoms.